The topological polar surface area (TPSA) is 32.3 Å². The zero-order valence-corrected chi connectivity index (χ0v) is 12.0. The average Bonchev–Trinajstić information content (AvgIpc) is 2.34. The molecule has 0 saturated heterocycles. The highest BCUT2D eigenvalue weighted by Crippen LogP contribution is 2.39. The van der Waals surface area contributed by atoms with Crippen molar-refractivity contribution in [3.63, 3.8) is 0 Å². The highest BCUT2D eigenvalue weighted by molar-refractivity contribution is 5.40. The van der Waals surface area contributed by atoms with Crippen molar-refractivity contribution in [3.8, 4) is 0 Å². The monoisotopic (exact) mass is 247 g/mol. The predicted molar refractivity (Wildman–Crippen MR) is 75.9 cm³/mol. The molecule has 1 aromatic carbocycles. The van der Waals surface area contributed by atoms with Gasteiger partial charge in [0.05, 0.1) is 5.60 Å². The summed E-state index contributed by atoms with van der Waals surface area (Å²) in [5.41, 5.74) is 4.34. The Balaban J connectivity index is 2.28. The Kier molecular flexibility index (Phi) is 3.79. The summed E-state index contributed by atoms with van der Waals surface area (Å²) in [6, 6.07) is 4.95. The highest BCUT2D eigenvalue weighted by atomic mass is 16.3. The third kappa shape index (κ3) is 2.45. The molecule has 100 valence electrons. The van der Waals surface area contributed by atoms with Gasteiger partial charge in [0, 0.05) is 6.04 Å². The lowest BCUT2D eigenvalue weighted by Crippen LogP contribution is -2.38. The van der Waals surface area contributed by atoms with Gasteiger partial charge in [-0.25, -0.2) is 0 Å². The van der Waals surface area contributed by atoms with E-state index < -0.39 is 5.60 Å². The molecule has 1 aliphatic rings. The van der Waals surface area contributed by atoms with Gasteiger partial charge in [-0.05, 0) is 75.8 Å². The van der Waals surface area contributed by atoms with Crippen molar-refractivity contribution >= 4 is 0 Å². The molecule has 1 aliphatic carbocycles. The van der Waals surface area contributed by atoms with Crippen LogP contribution in [0.25, 0.3) is 0 Å². The fraction of sp³-hybridized carbons (Fsp3) is 0.625. The average molecular weight is 247 g/mol. The molecule has 0 atom stereocenters. The summed E-state index contributed by atoms with van der Waals surface area (Å²) in [6.07, 6.45) is 3.84. The second-order valence-corrected chi connectivity index (χ2v) is 5.85. The molecule has 0 spiro atoms. The van der Waals surface area contributed by atoms with Crippen LogP contribution in [0.15, 0.2) is 12.1 Å². The van der Waals surface area contributed by atoms with Crippen molar-refractivity contribution in [1.29, 1.82) is 0 Å². The van der Waals surface area contributed by atoms with Gasteiger partial charge in [0.25, 0.3) is 0 Å². The fourth-order valence-corrected chi connectivity index (χ4v) is 3.12. The Hall–Kier alpha value is -0.860. The van der Waals surface area contributed by atoms with E-state index in [0.29, 0.717) is 6.04 Å². The van der Waals surface area contributed by atoms with Crippen LogP contribution in [-0.4, -0.2) is 18.2 Å². The van der Waals surface area contributed by atoms with Crippen LogP contribution in [0.2, 0.25) is 0 Å². The minimum Gasteiger partial charge on any atom is -0.385 e. The molecular weight excluding hydrogens is 222 g/mol. The summed E-state index contributed by atoms with van der Waals surface area (Å²) in [5.74, 6) is 0. The molecule has 2 N–H and O–H groups in total. The quantitative estimate of drug-likeness (QED) is 0.842. The molecule has 0 aliphatic heterocycles. The van der Waals surface area contributed by atoms with Gasteiger partial charge in [-0.15, -0.1) is 0 Å². The van der Waals surface area contributed by atoms with E-state index in [1.54, 1.807) is 0 Å². The molecule has 1 aromatic rings. The first kappa shape index (κ1) is 13.6. The first-order chi connectivity index (χ1) is 8.46. The van der Waals surface area contributed by atoms with Crippen LogP contribution in [-0.2, 0) is 5.60 Å². The number of nitrogens with one attached hydrogen (secondary N) is 1. The van der Waals surface area contributed by atoms with E-state index in [9.17, 15) is 5.11 Å². The second kappa shape index (κ2) is 5.02. The SMILES string of the molecule is CNC1CCC(O)(c2cc(C)c(C)cc2C)CC1. The van der Waals surface area contributed by atoms with Gasteiger partial charge in [-0.3, -0.25) is 0 Å². The zero-order valence-electron chi connectivity index (χ0n) is 12.0. The molecule has 18 heavy (non-hydrogen) atoms. The largest absolute Gasteiger partial charge is 0.385 e. The van der Waals surface area contributed by atoms with Crippen LogP contribution >= 0.6 is 0 Å². The smallest absolute Gasteiger partial charge is 0.0900 e. The molecule has 0 unspecified atom stereocenters. The van der Waals surface area contributed by atoms with Crippen molar-refractivity contribution in [2.24, 2.45) is 0 Å². The van der Waals surface area contributed by atoms with Gasteiger partial charge in [0.15, 0.2) is 0 Å². The number of benzene rings is 1. The first-order valence-electron chi connectivity index (χ1n) is 6.94. The van der Waals surface area contributed by atoms with Gasteiger partial charge < -0.3 is 10.4 Å². The maximum atomic E-state index is 10.9. The third-order valence-corrected chi connectivity index (χ3v) is 4.56. The molecule has 1 saturated carbocycles. The normalized spacial score (nSPS) is 28.4. The minimum atomic E-state index is -0.615. The predicted octanol–water partition coefficient (Wildman–Crippen LogP) is 2.96. The Morgan fingerprint density at radius 2 is 1.61 bits per heavy atom. The summed E-state index contributed by atoms with van der Waals surface area (Å²) < 4.78 is 0. The Labute approximate surface area is 110 Å². The summed E-state index contributed by atoms with van der Waals surface area (Å²) in [7, 11) is 2.01. The highest BCUT2D eigenvalue weighted by Gasteiger charge is 2.35. The third-order valence-electron chi connectivity index (χ3n) is 4.56. The lowest BCUT2D eigenvalue weighted by molar-refractivity contribution is -0.00821. The maximum absolute atomic E-state index is 10.9. The van der Waals surface area contributed by atoms with Crippen molar-refractivity contribution in [2.75, 3.05) is 7.05 Å². The van der Waals surface area contributed by atoms with Crippen molar-refractivity contribution < 1.29 is 5.11 Å². The van der Waals surface area contributed by atoms with Gasteiger partial charge in [0.2, 0.25) is 0 Å². The minimum absolute atomic E-state index is 0.567. The number of aryl methyl sites for hydroxylation is 3. The lowest BCUT2D eigenvalue weighted by atomic mass is 9.75. The van der Waals surface area contributed by atoms with Crippen molar-refractivity contribution in [3.05, 3.63) is 34.4 Å². The summed E-state index contributed by atoms with van der Waals surface area (Å²) in [5, 5.41) is 14.2. The van der Waals surface area contributed by atoms with E-state index in [1.807, 2.05) is 7.05 Å². The van der Waals surface area contributed by atoms with Crippen LogP contribution in [0.5, 0.6) is 0 Å². The molecular formula is C16H25NO. The van der Waals surface area contributed by atoms with E-state index in [-0.39, 0.29) is 0 Å². The van der Waals surface area contributed by atoms with Crippen molar-refractivity contribution in [1.82, 2.24) is 5.32 Å². The molecule has 0 bridgehead atoms. The van der Waals surface area contributed by atoms with E-state index in [4.69, 9.17) is 0 Å². The summed E-state index contributed by atoms with van der Waals surface area (Å²) in [6.45, 7) is 6.37. The molecule has 2 rings (SSSR count). The van der Waals surface area contributed by atoms with Gasteiger partial charge in [-0.1, -0.05) is 12.1 Å². The number of rotatable bonds is 2. The number of hydrogen-bond donors (Lipinski definition) is 2. The van der Waals surface area contributed by atoms with Crippen LogP contribution in [0, 0.1) is 20.8 Å². The van der Waals surface area contributed by atoms with Gasteiger partial charge in [0.1, 0.15) is 0 Å². The van der Waals surface area contributed by atoms with Gasteiger partial charge in [-0.2, -0.15) is 0 Å². The van der Waals surface area contributed by atoms with E-state index in [2.05, 4.69) is 38.2 Å². The number of hydrogen-bond acceptors (Lipinski definition) is 2. The van der Waals surface area contributed by atoms with Crippen molar-refractivity contribution in [2.45, 2.75) is 58.1 Å². The van der Waals surface area contributed by atoms with Crippen LogP contribution in [0.3, 0.4) is 0 Å². The number of aliphatic hydroxyl groups is 1. The Morgan fingerprint density at radius 3 is 2.17 bits per heavy atom. The lowest BCUT2D eigenvalue weighted by Gasteiger charge is -2.37. The second-order valence-electron chi connectivity index (χ2n) is 5.85. The molecule has 0 heterocycles. The summed E-state index contributed by atoms with van der Waals surface area (Å²) in [4.78, 5) is 0. The first-order valence-corrected chi connectivity index (χ1v) is 6.94. The zero-order chi connectivity index (χ0) is 13.3. The summed E-state index contributed by atoms with van der Waals surface area (Å²) >= 11 is 0. The Bertz CT molecular complexity index is 431. The Morgan fingerprint density at radius 1 is 1.06 bits per heavy atom. The molecule has 2 nitrogen and oxygen atoms in total. The van der Waals surface area contributed by atoms with Crippen LogP contribution in [0.1, 0.15) is 47.9 Å². The van der Waals surface area contributed by atoms with Crippen LogP contribution in [0.4, 0.5) is 0 Å². The van der Waals surface area contributed by atoms with Gasteiger partial charge >= 0.3 is 0 Å². The molecule has 1 fully saturated rings. The molecule has 2 heteroatoms. The molecule has 0 radical (unpaired) electrons. The van der Waals surface area contributed by atoms with E-state index in [1.165, 1.54) is 16.7 Å². The fourth-order valence-electron chi connectivity index (χ4n) is 3.12. The molecule has 0 aromatic heterocycles. The van der Waals surface area contributed by atoms with Crippen LogP contribution < -0.4 is 5.32 Å². The van der Waals surface area contributed by atoms with E-state index >= 15 is 0 Å². The standard InChI is InChI=1S/C16H25NO/c1-11-9-13(3)15(10-12(11)2)16(18)7-5-14(17-4)6-8-16/h9-10,14,17-18H,5-8H2,1-4H3. The van der Waals surface area contributed by atoms with E-state index in [0.717, 1.165) is 31.2 Å². The molecule has 0 amide bonds. The maximum Gasteiger partial charge on any atom is 0.0900 e.